The average Bonchev–Trinajstić information content (AvgIpc) is 2.96. The van der Waals surface area contributed by atoms with Crippen molar-refractivity contribution < 1.29 is 28.8 Å². The number of carbonyl (C=O) groups is 6. The molecule has 0 aromatic carbocycles. The average molecular weight is 1200 g/mol. The normalized spacial score (nSPS) is 19.7. The largest absolute Gasteiger partial charge is 0.383 e. The van der Waals surface area contributed by atoms with Gasteiger partial charge in [-0.1, -0.05) is 20.8 Å². The highest BCUT2D eigenvalue weighted by atomic mass is 32.1. The Morgan fingerprint density at radius 1 is 0.440 bits per heavy atom. The first-order valence-electron chi connectivity index (χ1n) is 27.6. The van der Waals surface area contributed by atoms with Crippen molar-refractivity contribution >= 4 is 135 Å². The van der Waals surface area contributed by atoms with Gasteiger partial charge in [-0.15, -0.1) is 34.0 Å². The highest BCUT2D eigenvalue weighted by Gasteiger charge is 2.38. The smallest absolute Gasteiger partial charge is 0.313 e. The van der Waals surface area contributed by atoms with Crippen molar-refractivity contribution in [3.8, 4) is 0 Å². The second-order valence-electron chi connectivity index (χ2n) is 22.0. The van der Waals surface area contributed by atoms with E-state index in [0.29, 0.717) is 71.9 Å². The standard InChI is InChI=1S/3C19H22N6O2S/c3*1-10-3-4-14(15-6-13-16(28-15)8-22-24-13)25(9-10)19(27)18(26)23-12-5-11(2)17(20)21-7-12/h3*5-8,10,14H,3-4,9H2,1-2H3,(H2,20,21)(H,22,24)(H,23,26)/t3*10-,14+/m110/s1. The van der Waals surface area contributed by atoms with Crippen LogP contribution >= 0.6 is 34.0 Å². The summed E-state index contributed by atoms with van der Waals surface area (Å²) in [5.74, 6) is -1.31. The Morgan fingerprint density at radius 3 is 0.964 bits per heavy atom. The van der Waals surface area contributed by atoms with Gasteiger partial charge in [0.05, 0.1) is 103 Å². The van der Waals surface area contributed by atoms with Gasteiger partial charge in [0.1, 0.15) is 17.5 Å². The number of piperidine rings is 3. The molecule has 3 fully saturated rings. The van der Waals surface area contributed by atoms with E-state index >= 15 is 0 Å². The number of aromatic amines is 3. The van der Waals surface area contributed by atoms with Crippen LogP contribution in [0.3, 0.4) is 0 Å². The maximum atomic E-state index is 13.0. The van der Waals surface area contributed by atoms with Gasteiger partial charge in [0.2, 0.25) is 0 Å². The van der Waals surface area contributed by atoms with Crippen LogP contribution in [0.15, 0.2) is 73.6 Å². The molecule has 0 saturated carbocycles. The molecule has 6 amide bonds. The van der Waals surface area contributed by atoms with E-state index in [1.54, 1.807) is 106 Å². The molecule has 27 heteroatoms. The predicted octanol–water partition coefficient (Wildman–Crippen LogP) is 8.54. The second kappa shape index (κ2) is 25.0. The van der Waals surface area contributed by atoms with E-state index in [4.69, 9.17) is 17.2 Å². The van der Waals surface area contributed by atoms with Crippen LogP contribution < -0.4 is 33.2 Å². The van der Waals surface area contributed by atoms with Gasteiger partial charge in [0.25, 0.3) is 0 Å². The lowest BCUT2D eigenvalue weighted by atomic mass is 9.93. The summed E-state index contributed by atoms with van der Waals surface area (Å²) in [6.45, 7) is 13.4. The molecule has 3 aliphatic heterocycles. The van der Waals surface area contributed by atoms with Crippen molar-refractivity contribution in [1.82, 2.24) is 60.2 Å². The third-order valence-electron chi connectivity index (χ3n) is 15.4. The first kappa shape index (κ1) is 58.4. The number of thiophene rings is 3. The number of hydrogen-bond acceptors (Lipinski definition) is 18. The van der Waals surface area contributed by atoms with E-state index in [0.717, 1.165) is 100 Å². The number of amides is 6. The van der Waals surface area contributed by atoms with Crippen LogP contribution in [0, 0.1) is 38.5 Å². The monoisotopic (exact) mass is 1190 g/mol. The van der Waals surface area contributed by atoms with Crippen molar-refractivity contribution in [3.05, 3.63) is 105 Å². The van der Waals surface area contributed by atoms with Crippen molar-refractivity contribution in [2.75, 3.05) is 52.8 Å². The number of carbonyl (C=O) groups excluding carboxylic acids is 6. The lowest BCUT2D eigenvalue weighted by molar-refractivity contribution is -0.146. The number of likely N-dealkylation sites (tertiary alicyclic amines) is 3. The Bertz CT molecular complexity index is 3440. The molecule has 12 N–H and O–H groups in total. The summed E-state index contributed by atoms with van der Waals surface area (Å²) in [6, 6.07) is 10.9. The highest BCUT2D eigenvalue weighted by molar-refractivity contribution is 7.19. The number of nitrogen functional groups attached to an aromatic ring is 3. The summed E-state index contributed by atoms with van der Waals surface area (Å²) in [7, 11) is 0. The minimum Gasteiger partial charge on any atom is -0.383 e. The summed E-state index contributed by atoms with van der Waals surface area (Å²) in [5, 5.41) is 28.9. The quantitative estimate of drug-likeness (QED) is 0.0704. The molecular formula is C57H66N18O6S3. The summed E-state index contributed by atoms with van der Waals surface area (Å²) < 4.78 is 3.15. The molecule has 0 spiro atoms. The van der Waals surface area contributed by atoms with E-state index in [1.165, 1.54) is 18.6 Å². The summed E-state index contributed by atoms with van der Waals surface area (Å²) in [4.78, 5) is 97.3. The molecule has 9 aromatic heterocycles. The SMILES string of the molecule is Cc1cc(NC(=O)C(=O)N2C[C@@H](C)CC[C@@H]2c2cc3[nH]ncc3s2)cnc1N.Cc1cc(NC(=O)C(=O)N2C[C@H](C)CC[C@H]2c2cc3[nH]ncc3s2)cnc1N.Cc1cc(NC(=O)C(=O)N2C[C@H](C)CC[C@H]2c2cc3[nH]ncc3s2)cnc1N. The first-order chi connectivity index (χ1) is 40.3. The minimum atomic E-state index is -0.658. The van der Waals surface area contributed by atoms with Crippen LogP contribution in [0.2, 0.25) is 0 Å². The number of anilines is 6. The molecule has 3 saturated heterocycles. The summed E-state index contributed by atoms with van der Waals surface area (Å²) in [6.07, 6.45) is 15.3. The lowest BCUT2D eigenvalue weighted by Gasteiger charge is -2.37. The van der Waals surface area contributed by atoms with Crippen LogP contribution in [0.25, 0.3) is 30.6 Å². The number of aromatic nitrogens is 9. The summed E-state index contributed by atoms with van der Waals surface area (Å²) >= 11 is 4.83. The van der Waals surface area contributed by atoms with Crippen LogP contribution in [-0.2, 0) is 28.8 Å². The number of H-pyrrole nitrogens is 3. The third kappa shape index (κ3) is 13.0. The third-order valence-corrected chi connectivity index (χ3v) is 18.9. The zero-order chi connectivity index (χ0) is 59.5. The molecule has 12 rings (SSSR count). The highest BCUT2D eigenvalue weighted by Crippen LogP contribution is 2.42. The first-order valence-corrected chi connectivity index (χ1v) is 30.0. The molecule has 3 aliphatic rings. The minimum absolute atomic E-state index is 0.105. The van der Waals surface area contributed by atoms with Crippen LogP contribution in [0.5, 0.6) is 0 Å². The maximum Gasteiger partial charge on any atom is 0.313 e. The summed E-state index contributed by atoms with van der Waals surface area (Å²) in [5.41, 5.74) is 23.6. The van der Waals surface area contributed by atoms with E-state index in [1.807, 2.05) is 18.2 Å². The van der Waals surface area contributed by atoms with Crippen LogP contribution in [0.1, 0.15) is 109 Å². The number of nitrogens with two attached hydrogens (primary N) is 3. The van der Waals surface area contributed by atoms with E-state index < -0.39 is 35.4 Å². The second-order valence-corrected chi connectivity index (χ2v) is 25.3. The van der Waals surface area contributed by atoms with E-state index in [-0.39, 0.29) is 18.1 Å². The molecule has 0 unspecified atom stereocenters. The maximum absolute atomic E-state index is 13.0. The van der Waals surface area contributed by atoms with Gasteiger partial charge in [-0.2, -0.15) is 15.3 Å². The molecule has 24 nitrogen and oxygen atoms in total. The zero-order valence-corrected chi connectivity index (χ0v) is 49.6. The van der Waals surface area contributed by atoms with Crippen molar-refractivity contribution in [1.29, 1.82) is 0 Å². The Hall–Kier alpha value is -8.82. The van der Waals surface area contributed by atoms with Gasteiger partial charge in [0.15, 0.2) is 0 Å². The van der Waals surface area contributed by atoms with Crippen LogP contribution in [0.4, 0.5) is 34.5 Å². The number of hydrogen-bond donors (Lipinski definition) is 9. The molecule has 6 atom stereocenters. The Kier molecular flexibility index (Phi) is 17.3. The molecule has 12 heterocycles. The Morgan fingerprint density at radius 2 is 0.714 bits per heavy atom. The molecule has 9 aromatic rings. The molecule has 0 aliphatic carbocycles. The van der Waals surface area contributed by atoms with Gasteiger partial charge in [0, 0.05) is 34.3 Å². The number of rotatable bonds is 6. The fraction of sp³-hybridized carbons (Fsp3) is 0.368. The molecular weight excluding hydrogens is 1130 g/mol. The van der Waals surface area contributed by atoms with E-state index in [9.17, 15) is 28.8 Å². The van der Waals surface area contributed by atoms with Gasteiger partial charge in [-0.25, -0.2) is 15.0 Å². The van der Waals surface area contributed by atoms with Crippen molar-refractivity contribution in [2.45, 2.75) is 98.2 Å². The lowest BCUT2D eigenvalue weighted by Crippen LogP contribution is -2.46. The van der Waals surface area contributed by atoms with Gasteiger partial charge in [-0.3, -0.25) is 44.1 Å². The number of aryl methyl sites for hydroxylation is 3. The Labute approximate surface area is 494 Å². The fourth-order valence-electron chi connectivity index (χ4n) is 10.7. The molecule has 438 valence electrons. The number of fused-ring (bicyclic) bond motifs is 3. The number of pyridine rings is 3. The fourth-order valence-corrected chi connectivity index (χ4v) is 14.1. The zero-order valence-electron chi connectivity index (χ0n) is 47.2. The number of nitrogens with zero attached hydrogens (tertiary/aromatic N) is 9. The van der Waals surface area contributed by atoms with Crippen molar-refractivity contribution in [3.63, 3.8) is 0 Å². The molecule has 0 radical (unpaired) electrons. The van der Waals surface area contributed by atoms with Gasteiger partial charge in [-0.05, 0) is 130 Å². The topological polar surface area (TPSA) is 351 Å². The predicted molar refractivity (Wildman–Crippen MR) is 327 cm³/mol. The number of nitrogens with one attached hydrogen (secondary N) is 6. The van der Waals surface area contributed by atoms with Gasteiger partial charge >= 0.3 is 35.4 Å². The van der Waals surface area contributed by atoms with E-state index in [2.05, 4.69) is 82.3 Å². The molecule has 0 bridgehead atoms. The van der Waals surface area contributed by atoms with Crippen LogP contribution in [-0.4, -0.2) is 115 Å². The molecule has 84 heavy (non-hydrogen) atoms. The van der Waals surface area contributed by atoms with Crippen molar-refractivity contribution in [2.24, 2.45) is 17.8 Å². The Balaban J connectivity index is 0.000000140. The van der Waals surface area contributed by atoms with Gasteiger partial charge < -0.3 is 47.9 Å².